The number of nitrogens with zero attached hydrogens (tertiary/aromatic N) is 1. The van der Waals surface area contributed by atoms with Crippen molar-refractivity contribution in [1.82, 2.24) is 10.3 Å². The Morgan fingerprint density at radius 1 is 0.947 bits per heavy atom. The molecule has 0 fully saturated rings. The molecule has 2 aromatic rings. The number of aryl methyl sites for hydroxylation is 2. The Morgan fingerprint density at radius 3 is 2.26 bits per heavy atom. The van der Waals surface area contributed by atoms with E-state index < -0.39 is 0 Å². The smallest absolute Gasteiger partial charge is 0.0299 e. The fourth-order valence-electron chi connectivity index (χ4n) is 2.31. The summed E-state index contributed by atoms with van der Waals surface area (Å²) in [5, 5.41) is 3.42. The Kier molecular flexibility index (Phi) is 5.57. The highest BCUT2D eigenvalue weighted by Gasteiger charge is 2.06. The van der Waals surface area contributed by atoms with Crippen LogP contribution in [0.25, 0.3) is 0 Å². The number of nitrogens with one attached hydrogen (secondary N) is 1. The number of pyridine rings is 1. The molecule has 2 heteroatoms. The van der Waals surface area contributed by atoms with E-state index in [-0.39, 0.29) is 0 Å². The molecule has 0 aliphatic heterocycles. The minimum atomic E-state index is 0.570. The maximum absolute atomic E-state index is 4.16. The van der Waals surface area contributed by atoms with Crippen LogP contribution in [0.5, 0.6) is 0 Å². The van der Waals surface area contributed by atoms with Crippen molar-refractivity contribution in [2.45, 2.75) is 31.7 Å². The predicted octanol–water partition coefficient (Wildman–Crippen LogP) is 3.24. The maximum Gasteiger partial charge on any atom is 0.0299 e. The maximum atomic E-state index is 4.16. The van der Waals surface area contributed by atoms with Crippen LogP contribution in [0.3, 0.4) is 0 Å². The summed E-state index contributed by atoms with van der Waals surface area (Å²) in [4.78, 5) is 4.16. The molecule has 1 unspecified atom stereocenters. The van der Waals surface area contributed by atoms with Crippen LogP contribution in [0.1, 0.15) is 24.0 Å². The second-order valence-corrected chi connectivity index (χ2v) is 4.91. The average molecular weight is 254 g/mol. The second-order valence-electron chi connectivity index (χ2n) is 4.91. The van der Waals surface area contributed by atoms with E-state index in [1.807, 2.05) is 18.5 Å². The van der Waals surface area contributed by atoms with Crippen molar-refractivity contribution in [3.8, 4) is 0 Å². The van der Waals surface area contributed by atoms with Crippen molar-refractivity contribution < 1.29 is 0 Å². The summed E-state index contributed by atoms with van der Waals surface area (Å²) in [7, 11) is 2.05. The van der Waals surface area contributed by atoms with Gasteiger partial charge in [0, 0.05) is 18.4 Å². The molecule has 0 bridgehead atoms. The van der Waals surface area contributed by atoms with Crippen LogP contribution >= 0.6 is 0 Å². The van der Waals surface area contributed by atoms with Crippen molar-refractivity contribution in [1.29, 1.82) is 0 Å². The average Bonchev–Trinajstić information content (AvgIpc) is 2.49. The van der Waals surface area contributed by atoms with E-state index in [2.05, 4.69) is 53.7 Å². The highest BCUT2D eigenvalue weighted by molar-refractivity contribution is 5.15. The Morgan fingerprint density at radius 2 is 1.63 bits per heavy atom. The Bertz CT molecular complexity index is 410. The van der Waals surface area contributed by atoms with Crippen molar-refractivity contribution in [2.24, 2.45) is 0 Å². The number of rotatable bonds is 7. The van der Waals surface area contributed by atoms with Gasteiger partial charge in [-0.05, 0) is 49.9 Å². The molecule has 1 atom stereocenters. The summed E-state index contributed by atoms with van der Waals surface area (Å²) in [5.74, 6) is 0. The molecule has 1 heterocycles. The summed E-state index contributed by atoms with van der Waals surface area (Å²) in [6.45, 7) is 0. The topological polar surface area (TPSA) is 24.9 Å². The van der Waals surface area contributed by atoms with Gasteiger partial charge in [-0.3, -0.25) is 4.98 Å². The van der Waals surface area contributed by atoms with Gasteiger partial charge in [0.25, 0.3) is 0 Å². The summed E-state index contributed by atoms with van der Waals surface area (Å²) in [6.07, 6.45) is 8.36. The second kappa shape index (κ2) is 7.70. The van der Waals surface area contributed by atoms with Gasteiger partial charge in [-0.15, -0.1) is 0 Å². The van der Waals surface area contributed by atoms with E-state index >= 15 is 0 Å². The van der Waals surface area contributed by atoms with Crippen LogP contribution in [0.15, 0.2) is 54.9 Å². The van der Waals surface area contributed by atoms with Crippen LogP contribution in [0, 0.1) is 0 Å². The van der Waals surface area contributed by atoms with E-state index in [4.69, 9.17) is 0 Å². The van der Waals surface area contributed by atoms with E-state index in [0.29, 0.717) is 6.04 Å². The van der Waals surface area contributed by atoms with E-state index in [1.54, 1.807) is 0 Å². The Balaban J connectivity index is 1.77. The molecule has 19 heavy (non-hydrogen) atoms. The van der Waals surface area contributed by atoms with Gasteiger partial charge in [-0.2, -0.15) is 0 Å². The van der Waals surface area contributed by atoms with E-state index in [0.717, 1.165) is 19.3 Å². The van der Waals surface area contributed by atoms with Crippen LogP contribution in [0.4, 0.5) is 0 Å². The molecule has 0 aliphatic carbocycles. The lowest BCUT2D eigenvalue weighted by Gasteiger charge is -2.16. The SMILES string of the molecule is CNC(CCc1ccccc1)CCc1cccnc1. The fraction of sp³-hybridized carbons (Fsp3) is 0.353. The zero-order valence-electron chi connectivity index (χ0n) is 11.5. The third-order valence-electron chi connectivity index (χ3n) is 3.54. The van der Waals surface area contributed by atoms with Crippen LogP contribution in [0.2, 0.25) is 0 Å². The lowest BCUT2D eigenvalue weighted by molar-refractivity contribution is 0.489. The van der Waals surface area contributed by atoms with Crippen molar-refractivity contribution >= 4 is 0 Å². The first kappa shape index (κ1) is 13.8. The van der Waals surface area contributed by atoms with E-state index in [9.17, 15) is 0 Å². The summed E-state index contributed by atoms with van der Waals surface area (Å²) < 4.78 is 0. The largest absolute Gasteiger partial charge is 0.317 e. The Labute approximate surface area is 115 Å². The zero-order chi connectivity index (χ0) is 13.3. The molecule has 1 aromatic carbocycles. The molecule has 0 radical (unpaired) electrons. The molecule has 0 amide bonds. The fourth-order valence-corrected chi connectivity index (χ4v) is 2.31. The number of hydrogen-bond donors (Lipinski definition) is 1. The van der Waals surface area contributed by atoms with Crippen LogP contribution in [-0.4, -0.2) is 18.1 Å². The minimum Gasteiger partial charge on any atom is -0.317 e. The van der Waals surface area contributed by atoms with Gasteiger partial charge < -0.3 is 5.32 Å². The number of hydrogen-bond acceptors (Lipinski definition) is 2. The van der Waals surface area contributed by atoms with Gasteiger partial charge in [0.05, 0.1) is 0 Å². The van der Waals surface area contributed by atoms with Crippen molar-refractivity contribution in [3.05, 3.63) is 66.0 Å². The first-order valence-electron chi connectivity index (χ1n) is 6.98. The zero-order valence-corrected chi connectivity index (χ0v) is 11.5. The molecule has 100 valence electrons. The third-order valence-corrected chi connectivity index (χ3v) is 3.54. The molecular weight excluding hydrogens is 232 g/mol. The summed E-state index contributed by atoms with van der Waals surface area (Å²) >= 11 is 0. The normalized spacial score (nSPS) is 12.3. The lowest BCUT2D eigenvalue weighted by Crippen LogP contribution is -2.26. The molecule has 2 rings (SSSR count). The number of aromatic nitrogens is 1. The molecular formula is C17H22N2. The molecule has 1 N–H and O–H groups in total. The monoisotopic (exact) mass is 254 g/mol. The quantitative estimate of drug-likeness (QED) is 0.820. The molecule has 0 saturated carbocycles. The molecule has 0 spiro atoms. The van der Waals surface area contributed by atoms with Gasteiger partial charge in [0.2, 0.25) is 0 Å². The van der Waals surface area contributed by atoms with Gasteiger partial charge in [0.1, 0.15) is 0 Å². The van der Waals surface area contributed by atoms with Gasteiger partial charge in [-0.1, -0.05) is 36.4 Å². The molecule has 0 saturated heterocycles. The van der Waals surface area contributed by atoms with Crippen LogP contribution < -0.4 is 5.32 Å². The minimum absolute atomic E-state index is 0.570. The van der Waals surface area contributed by atoms with Gasteiger partial charge in [-0.25, -0.2) is 0 Å². The highest BCUT2D eigenvalue weighted by Crippen LogP contribution is 2.10. The Hall–Kier alpha value is -1.67. The summed E-state index contributed by atoms with van der Waals surface area (Å²) in [6, 6.07) is 15.4. The van der Waals surface area contributed by atoms with E-state index in [1.165, 1.54) is 17.5 Å². The highest BCUT2D eigenvalue weighted by atomic mass is 14.9. The molecule has 0 aliphatic rings. The van der Waals surface area contributed by atoms with Crippen molar-refractivity contribution in [3.63, 3.8) is 0 Å². The first-order valence-corrected chi connectivity index (χ1v) is 6.98. The molecule has 2 nitrogen and oxygen atoms in total. The van der Waals surface area contributed by atoms with Gasteiger partial charge in [0.15, 0.2) is 0 Å². The van der Waals surface area contributed by atoms with Crippen LogP contribution in [-0.2, 0) is 12.8 Å². The number of benzene rings is 1. The predicted molar refractivity (Wildman–Crippen MR) is 80.2 cm³/mol. The molecule has 1 aromatic heterocycles. The van der Waals surface area contributed by atoms with Crippen molar-refractivity contribution in [2.75, 3.05) is 7.05 Å². The van der Waals surface area contributed by atoms with Gasteiger partial charge >= 0.3 is 0 Å². The summed E-state index contributed by atoms with van der Waals surface area (Å²) in [5.41, 5.74) is 2.74. The first-order chi connectivity index (χ1) is 9.38. The lowest BCUT2D eigenvalue weighted by atomic mass is 10.00. The standard InChI is InChI=1S/C17H22N2/c1-18-17(11-9-15-6-3-2-4-7-15)12-10-16-8-5-13-19-14-16/h2-8,13-14,17-18H,9-12H2,1H3. The third kappa shape index (κ3) is 4.84.